The molecule has 0 spiro atoms. The molecule has 0 unspecified atom stereocenters. The number of rotatable bonds is 3. The Morgan fingerprint density at radius 1 is 1.40 bits per heavy atom. The van der Waals surface area contributed by atoms with Crippen LogP contribution >= 0.6 is 11.8 Å². The van der Waals surface area contributed by atoms with Crippen molar-refractivity contribution in [3.63, 3.8) is 0 Å². The fourth-order valence-electron chi connectivity index (χ4n) is 1.53. The zero-order chi connectivity index (χ0) is 11.6. The first-order valence-corrected chi connectivity index (χ1v) is 6.21. The van der Waals surface area contributed by atoms with Gasteiger partial charge in [-0.25, -0.2) is 0 Å². The average Bonchev–Trinajstić information content (AvgIpc) is 2.08. The van der Waals surface area contributed by atoms with E-state index in [0.717, 1.165) is 17.5 Å². The Bertz CT molecular complexity index is 355. The number of aromatic hydroxyl groups is 1. The molecular weight excluding hydrogens is 206 g/mol. The Kier molecular flexibility index (Phi) is 3.68. The maximum absolute atomic E-state index is 9.67. The van der Waals surface area contributed by atoms with Crippen LogP contribution in [0.5, 0.6) is 5.75 Å². The van der Waals surface area contributed by atoms with Crippen molar-refractivity contribution in [2.75, 3.05) is 6.26 Å². The molecule has 1 aromatic carbocycles. The minimum Gasteiger partial charge on any atom is -0.508 e. The number of phenolic OH excluding ortho intramolecular Hbond substituents is 1. The van der Waals surface area contributed by atoms with E-state index in [1.165, 1.54) is 4.90 Å². The zero-order valence-electron chi connectivity index (χ0n) is 9.79. The van der Waals surface area contributed by atoms with Crippen LogP contribution in [0.25, 0.3) is 0 Å². The largest absolute Gasteiger partial charge is 0.508 e. The summed E-state index contributed by atoms with van der Waals surface area (Å²) >= 11 is 1.69. The third-order valence-electron chi connectivity index (χ3n) is 2.25. The van der Waals surface area contributed by atoms with Gasteiger partial charge in [0.05, 0.1) is 0 Å². The molecule has 84 valence electrons. The van der Waals surface area contributed by atoms with Gasteiger partial charge in [0.2, 0.25) is 0 Å². The Morgan fingerprint density at radius 3 is 2.47 bits per heavy atom. The van der Waals surface area contributed by atoms with Crippen molar-refractivity contribution in [2.45, 2.75) is 37.6 Å². The Hall–Kier alpha value is -0.670. The van der Waals surface area contributed by atoms with Gasteiger partial charge in [0.15, 0.2) is 0 Å². The van der Waals surface area contributed by atoms with E-state index >= 15 is 0 Å². The van der Waals surface area contributed by atoms with Crippen molar-refractivity contribution in [1.82, 2.24) is 0 Å². The molecule has 1 aromatic rings. The van der Waals surface area contributed by atoms with Gasteiger partial charge in [-0.3, -0.25) is 0 Å². The summed E-state index contributed by atoms with van der Waals surface area (Å²) in [6, 6.07) is 3.84. The highest BCUT2D eigenvalue weighted by Gasteiger charge is 2.15. The molecule has 0 saturated carbocycles. The number of nitrogens with two attached hydrogens (primary N) is 1. The van der Waals surface area contributed by atoms with Crippen LogP contribution in [-0.2, 0) is 6.42 Å². The normalized spacial score (nSPS) is 11.8. The summed E-state index contributed by atoms with van der Waals surface area (Å²) in [5, 5.41) is 9.67. The average molecular weight is 225 g/mol. The molecule has 0 saturated heterocycles. The molecule has 0 heterocycles. The molecule has 0 aliphatic carbocycles. The van der Waals surface area contributed by atoms with E-state index < -0.39 is 0 Å². The van der Waals surface area contributed by atoms with Gasteiger partial charge >= 0.3 is 0 Å². The summed E-state index contributed by atoms with van der Waals surface area (Å²) < 4.78 is 0. The van der Waals surface area contributed by atoms with E-state index in [-0.39, 0.29) is 5.54 Å². The zero-order valence-corrected chi connectivity index (χ0v) is 10.6. The van der Waals surface area contributed by atoms with Crippen LogP contribution in [0.4, 0.5) is 0 Å². The quantitative estimate of drug-likeness (QED) is 0.777. The van der Waals surface area contributed by atoms with Gasteiger partial charge in [0, 0.05) is 10.4 Å². The van der Waals surface area contributed by atoms with Crippen LogP contribution in [0.3, 0.4) is 0 Å². The van der Waals surface area contributed by atoms with Gasteiger partial charge in [-0.2, -0.15) is 0 Å². The molecule has 0 atom stereocenters. The van der Waals surface area contributed by atoms with E-state index in [4.69, 9.17) is 5.73 Å². The van der Waals surface area contributed by atoms with E-state index in [9.17, 15) is 5.11 Å². The van der Waals surface area contributed by atoms with Gasteiger partial charge in [-0.15, -0.1) is 11.8 Å². The summed E-state index contributed by atoms with van der Waals surface area (Å²) in [5.41, 5.74) is 7.78. The molecule has 1 rings (SSSR count). The lowest BCUT2D eigenvalue weighted by Gasteiger charge is -2.20. The molecule has 2 nitrogen and oxygen atoms in total. The molecule has 0 aliphatic heterocycles. The SMILES string of the molecule is CSc1cc(C)c(O)cc1CC(C)(C)N. The van der Waals surface area contributed by atoms with Crippen LogP contribution in [-0.4, -0.2) is 16.9 Å². The predicted molar refractivity (Wildman–Crippen MR) is 66.6 cm³/mol. The summed E-state index contributed by atoms with van der Waals surface area (Å²) in [5.74, 6) is 0.354. The summed E-state index contributed by atoms with van der Waals surface area (Å²) in [7, 11) is 0. The first-order valence-electron chi connectivity index (χ1n) is 4.99. The number of hydrogen-bond acceptors (Lipinski definition) is 3. The number of thioether (sulfide) groups is 1. The first-order chi connectivity index (χ1) is 6.83. The number of hydrogen-bond donors (Lipinski definition) is 2. The first kappa shape index (κ1) is 12.4. The highest BCUT2D eigenvalue weighted by Crippen LogP contribution is 2.29. The van der Waals surface area contributed by atoms with Crippen LogP contribution < -0.4 is 5.73 Å². The molecule has 0 fully saturated rings. The lowest BCUT2D eigenvalue weighted by Crippen LogP contribution is -2.34. The fraction of sp³-hybridized carbons (Fsp3) is 0.500. The lowest BCUT2D eigenvalue weighted by atomic mass is 9.95. The molecule has 3 N–H and O–H groups in total. The molecule has 0 aromatic heterocycles. The van der Waals surface area contributed by atoms with E-state index in [1.807, 2.05) is 39.2 Å². The van der Waals surface area contributed by atoms with Gasteiger partial charge in [0.25, 0.3) is 0 Å². The second-order valence-corrected chi connectivity index (χ2v) is 5.46. The van der Waals surface area contributed by atoms with Crippen molar-refractivity contribution in [2.24, 2.45) is 5.73 Å². The minimum absolute atomic E-state index is 0.244. The van der Waals surface area contributed by atoms with Crippen LogP contribution in [0.2, 0.25) is 0 Å². The Morgan fingerprint density at radius 2 is 2.00 bits per heavy atom. The summed E-state index contributed by atoms with van der Waals surface area (Å²) in [4.78, 5) is 1.20. The highest BCUT2D eigenvalue weighted by atomic mass is 32.2. The van der Waals surface area contributed by atoms with Crippen molar-refractivity contribution in [3.8, 4) is 5.75 Å². The molecule has 0 radical (unpaired) electrons. The molecule has 3 heteroatoms. The lowest BCUT2D eigenvalue weighted by molar-refractivity contribution is 0.466. The monoisotopic (exact) mass is 225 g/mol. The van der Waals surface area contributed by atoms with Crippen molar-refractivity contribution in [1.29, 1.82) is 0 Å². The third kappa shape index (κ3) is 3.43. The standard InChI is InChI=1S/C12H19NOS/c1-8-5-11(15-4)9(6-10(8)14)7-12(2,3)13/h5-6,14H,7,13H2,1-4H3. The van der Waals surface area contributed by atoms with E-state index in [0.29, 0.717) is 5.75 Å². The van der Waals surface area contributed by atoms with Gasteiger partial charge in [0.1, 0.15) is 5.75 Å². The van der Waals surface area contributed by atoms with Crippen LogP contribution in [0, 0.1) is 6.92 Å². The molecular formula is C12H19NOS. The topological polar surface area (TPSA) is 46.2 Å². The van der Waals surface area contributed by atoms with Crippen LogP contribution in [0.15, 0.2) is 17.0 Å². The van der Waals surface area contributed by atoms with Gasteiger partial charge in [-0.1, -0.05) is 0 Å². The summed E-state index contributed by atoms with van der Waals surface area (Å²) in [6.07, 6.45) is 2.82. The van der Waals surface area contributed by atoms with Gasteiger partial charge < -0.3 is 10.8 Å². The maximum Gasteiger partial charge on any atom is 0.118 e. The van der Waals surface area contributed by atoms with Crippen LogP contribution in [0.1, 0.15) is 25.0 Å². The minimum atomic E-state index is -0.244. The van der Waals surface area contributed by atoms with E-state index in [2.05, 4.69) is 0 Å². The molecule has 0 amide bonds. The second-order valence-electron chi connectivity index (χ2n) is 4.62. The second kappa shape index (κ2) is 4.45. The Balaban J connectivity index is 3.11. The van der Waals surface area contributed by atoms with Gasteiger partial charge in [-0.05, 0) is 56.7 Å². The number of aryl methyl sites for hydroxylation is 1. The van der Waals surface area contributed by atoms with Crippen molar-refractivity contribution >= 4 is 11.8 Å². The molecule has 15 heavy (non-hydrogen) atoms. The third-order valence-corrected chi connectivity index (χ3v) is 3.06. The maximum atomic E-state index is 9.67. The smallest absolute Gasteiger partial charge is 0.118 e. The fourth-order valence-corrected chi connectivity index (χ4v) is 2.22. The molecule has 0 aliphatic rings. The van der Waals surface area contributed by atoms with Crippen molar-refractivity contribution in [3.05, 3.63) is 23.3 Å². The number of phenols is 1. The van der Waals surface area contributed by atoms with E-state index in [1.54, 1.807) is 11.8 Å². The number of benzene rings is 1. The van der Waals surface area contributed by atoms with Crippen molar-refractivity contribution < 1.29 is 5.11 Å². The predicted octanol–water partition coefficient (Wildman–Crippen LogP) is 2.70. The Labute approximate surface area is 95.9 Å². The summed E-state index contributed by atoms with van der Waals surface area (Å²) in [6.45, 7) is 5.90. The molecule has 0 bridgehead atoms. The highest BCUT2D eigenvalue weighted by molar-refractivity contribution is 7.98.